The van der Waals surface area contributed by atoms with Crippen LogP contribution in [0, 0.1) is 17.2 Å². The maximum absolute atomic E-state index is 11.7. The minimum atomic E-state index is -0.478. The van der Waals surface area contributed by atoms with Gasteiger partial charge in [-0.05, 0) is 38.8 Å². The fourth-order valence-corrected chi connectivity index (χ4v) is 2.20. The fourth-order valence-electron chi connectivity index (χ4n) is 2.20. The number of likely N-dealkylation sites (tertiary alicyclic amines) is 1. The van der Waals surface area contributed by atoms with Gasteiger partial charge in [0, 0.05) is 12.6 Å². The van der Waals surface area contributed by atoms with Gasteiger partial charge in [0.2, 0.25) is 0 Å². The Bertz CT molecular complexity index is 368. The standard InChI is InChI=1S/C13H20N2O2/c1-5-17-13(16)12(7-14)11-6-10(3)15(4)8-9(11)2/h9-10H,5-6,8H2,1-4H3/b12-11-/t9-,10+/m1/s1. The quantitative estimate of drug-likeness (QED) is 0.416. The van der Waals surface area contributed by atoms with Crippen LogP contribution in [0.4, 0.5) is 0 Å². The fraction of sp³-hybridized carbons (Fsp3) is 0.692. The molecule has 2 atom stereocenters. The largest absolute Gasteiger partial charge is 0.462 e. The zero-order valence-corrected chi connectivity index (χ0v) is 11.0. The molecule has 0 radical (unpaired) electrons. The van der Waals surface area contributed by atoms with Crippen LogP contribution in [0.25, 0.3) is 0 Å². The van der Waals surface area contributed by atoms with E-state index >= 15 is 0 Å². The Hall–Kier alpha value is -1.34. The van der Waals surface area contributed by atoms with Gasteiger partial charge in [0.1, 0.15) is 11.6 Å². The van der Waals surface area contributed by atoms with Gasteiger partial charge in [0.05, 0.1) is 6.61 Å². The van der Waals surface area contributed by atoms with Crippen molar-refractivity contribution in [2.75, 3.05) is 20.2 Å². The Labute approximate surface area is 103 Å². The van der Waals surface area contributed by atoms with Crippen LogP contribution in [0.1, 0.15) is 27.2 Å². The van der Waals surface area contributed by atoms with Crippen molar-refractivity contribution in [3.05, 3.63) is 11.1 Å². The molecule has 1 rings (SSSR count). The zero-order chi connectivity index (χ0) is 13.0. The van der Waals surface area contributed by atoms with Crippen LogP contribution in [0.3, 0.4) is 0 Å². The third kappa shape index (κ3) is 3.07. The minimum absolute atomic E-state index is 0.208. The maximum atomic E-state index is 11.7. The molecule has 1 heterocycles. The summed E-state index contributed by atoms with van der Waals surface area (Å²) in [6, 6.07) is 2.37. The van der Waals surface area contributed by atoms with Crippen LogP contribution >= 0.6 is 0 Å². The van der Waals surface area contributed by atoms with Crippen molar-refractivity contribution in [1.82, 2.24) is 4.90 Å². The molecule has 0 bridgehead atoms. The number of rotatable bonds is 2. The number of hydrogen-bond acceptors (Lipinski definition) is 4. The van der Waals surface area contributed by atoms with E-state index in [4.69, 9.17) is 10.00 Å². The van der Waals surface area contributed by atoms with Crippen LogP contribution in [-0.2, 0) is 9.53 Å². The SMILES string of the molecule is CCOC(=O)/C(C#N)=C1/C[C@H](C)N(C)C[C@H]1C. The smallest absolute Gasteiger partial charge is 0.348 e. The van der Waals surface area contributed by atoms with Crippen molar-refractivity contribution >= 4 is 5.97 Å². The molecule has 0 aromatic heterocycles. The van der Waals surface area contributed by atoms with Crippen molar-refractivity contribution < 1.29 is 9.53 Å². The predicted molar refractivity (Wildman–Crippen MR) is 65.1 cm³/mol. The van der Waals surface area contributed by atoms with Gasteiger partial charge in [0.25, 0.3) is 0 Å². The molecular formula is C13H20N2O2. The molecule has 1 saturated heterocycles. The van der Waals surface area contributed by atoms with E-state index in [0.717, 1.165) is 18.5 Å². The van der Waals surface area contributed by atoms with Gasteiger partial charge >= 0.3 is 5.97 Å². The molecule has 0 saturated carbocycles. The van der Waals surface area contributed by atoms with E-state index in [1.54, 1.807) is 6.92 Å². The highest BCUT2D eigenvalue weighted by Crippen LogP contribution is 2.28. The number of nitriles is 1. The number of ether oxygens (including phenoxy) is 1. The van der Waals surface area contributed by atoms with Crippen molar-refractivity contribution in [2.24, 2.45) is 5.92 Å². The molecule has 0 spiro atoms. The van der Waals surface area contributed by atoms with Gasteiger partial charge in [-0.2, -0.15) is 5.26 Å². The summed E-state index contributed by atoms with van der Waals surface area (Å²) in [5.41, 5.74) is 1.15. The molecule has 0 aliphatic carbocycles. The van der Waals surface area contributed by atoms with E-state index in [9.17, 15) is 4.79 Å². The van der Waals surface area contributed by atoms with E-state index in [2.05, 4.69) is 18.9 Å². The predicted octanol–water partition coefficient (Wildman–Crippen LogP) is 1.73. The highest BCUT2D eigenvalue weighted by atomic mass is 16.5. The van der Waals surface area contributed by atoms with Crippen LogP contribution in [0.5, 0.6) is 0 Å². The van der Waals surface area contributed by atoms with Crippen LogP contribution in [-0.4, -0.2) is 37.1 Å². The Morgan fingerprint density at radius 3 is 2.76 bits per heavy atom. The van der Waals surface area contributed by atoms with Crippen molar-refractivity contribution in [1.29, 1.82) is 5.26 Å². The van der Waals surface area contributed by atoms with Gasteiger partial charge in [-0.3, -0.25) is 0 Å². The molecule has 0 aromatic rings. The molecule has 94 valence electrons. The molecule has 1 fully saturated rings. The first-order valence-corrected chi connectivity index (χ1v) is 6.01. The van der Waals surface area contributed by atoms with Gasteiger partial charge in [-0.25, -0.2) is 4.79 Å². The van der Waals surface area contributed by atoms with Crippen LogP contribution in [0.2, 0.25) is 0 Å². The second-order valence-electron chi connectivity index (χ2n) is 4.63. The Morgan fingerprint density at radius 2 is 2.24 bits per heavy atom. The Morgan fingerprint density at radius 1 is 1.59 bits per heavy atom. The van der Waals surface area contributed by atoms with E-state index < -0.39 is 5.97 Å². The first kappa shape index (κ1) is 13.7. The summed E-state index contributed by atoms with van der Waals surface area (Å²) < 4.78 is 4.93. The third-order valence-corrected chi connectivity index (χ3v) is 3.34. The zero-order valence-electron chi connectivity index (χ0n) is 11.0. The molecule has 1 aliphatic heterocycles. The highest BCUT2D eigenvalue weighted by Gasteiger charge is 2.29. The molecular weight excluding hydrogens is 216 g/mol. The summed E-state index contributed by atoms with van der Waals surface area (Å²) in [6.07, 6.45) is 0.763. The lowest BCUT2D eigenvalue weighted by Crippen LogP contribution is -2.40. The van der Waals surface area contributed by atoms with E-state index in [0.29, 0.717) is 12.6 Å². The topological polar surface area (TPSA) is 53.3 Å². The van der Waals surface area contributed by atoms with Crippen LogP contribution in [0.15, 0.2) is 11.1 Å². The first-order valence-electron chi connectivity index (χ1n) is 6.01. The average molecular weight is 236 g/mol. The maximum Gasteiger partial charge on any atom is 0.348 e. The number of esters is 1. The van der Waals surface area contributed by atoms with Crippen LogP contribution < -0.4 is 0 Å². The number of carbonyl (C=O) groups is 1. The summed E-state index contributed by atoms with van der Waals surface area (Å²) in [5.74, 6) is -0.246. The number of nitrogens with zero attached hydrogens (tertiary/aromatic N) is 2. The van der Waals surface area contributed by atoms with E-state index in [1.165, 1.54) is 0 Å². The molecule has 17 heavy (non-hydrogen) atoms. The van der Waals surface area contributed by atoms with Crippen molar-refractivity contribution in [2.45, 2.75) is 33.2 Å². The van der Waals surface area contributed by atoms with E-state index in [1.807, 2.05) is 13.0 Å². The third-order valence-electron chi connectivity index (χ3n) is 3.34. The van der Waals surface area contributed by atoms with Gasteiger partial charge in [0.15, 0.2) is 0 Å². The minimum Gasteiger partial charge on any atom is -0.462 e. The summed E-state index contributed by atoms with van der Waals surface area (Å²) in [7, 11) is 2.06. The number of hydrogen-bond donors (Lipinski definition) is 0. The lowest BCUT2D eigenvalue weighted by Gasteiger charge is -2.36. The van der Waals surface area contributed by atoms with E-state index in [-0.39, 0.29) is 11.5 Å². The van der Waals surface area contributed by atoms with Crippen molar-refractivity contribution in [3.8, 4) is 6.07 Å². The number of piperidine rings is 1. The summed E-state index contributed by atoms with van der Waals surface area (Å²) in [6.45, 7) is 7.08. The highest BCUT2D eigenvalue weighted by molar-refractivity contribution is 5.93. The molecule has 0 N–H and O–H groups in total. The average Bonchev–Trinajstić information content (AvgIpc) is 2.26. The Balaban J connectivity index is 3.00. The first-order chi connectivity index (χ1) is 8.01. The second kappa shape index (κ2) is 5.83. The molecule has 0 aromatic carbocycles. The van der Waals surface area contributed by atoms with Crippen molar-refractivity contribution in [3.63, 3.8) is 0 Å². The molecule has 4 heteroatoms. The molecule has 0 unspecified atom stereocenters. The lowest BCUT2D eigenvalue weighted by molar-refractivity contribution is -0.138. The molecule has 0 amide bonds. The Kier molecular flexibility index (Phi) is 4.71. The summed E-state index contributed by atoms with van der Waals surface area (Å²) >= 11 is 0. The normalized spacial score (nSPS) is 28.4. The van der Waals surface area contributed by atoms with Gasteiger partial charge in [-0.15, -0.1) is 0 Å². The monoisotopic (exact) mass is 236 g/mol. The second-order valence-corrected chi connectivity index (χ2v) is 4.63. The number of carbonyl (C=O) groups excluding carboxylic acids is 1. The summed E-state index contributed by atoms with van der Waals surface area (Å²) in [5, 5.41) is 9.12. The lowest BCUT2D eigenvalue weighted by atomic mass is 9.86. The molecule has 1 aliphatic rings. The summed E-state index contributed by atoms with van der Waals surface area (Å²) in [4.78, 5) is 13.9. The van der Waals surface area contributed by atoms with Gasteiger partial charge in [-0.1, -0.05) is 6.92 Å². The molecule has 4 nitrogen and oxygen atoms in total. The van der Waals surface area contributed by atoms with Gasteiger partial charge < -0.3 is 9.64 Å².